The summed E-state index contributed by atoms with van der Waals surface area (Å²) in [6.07, 6.45) is 0. The number of amidine groups is 1. The van der Waals surface area contributed by atoms with Gasteiger partial charge in [-0.25, -0.2) is 0 Å². The molecule has 0 aromatic heterocycles. The van der Waals surface area contributed by atoms with Crippen LogP contribution in [0.2, 0.25) is 5.02 Å². The number of ether oxygens (including phenoxy) is 1. The van der Waals surface area contributed by atoms with Crippen LogP contribution >= 0.6 is 11.6 Å². The fraction of sp³-hybridized carbons (Fsp3) is 0.462. The first-order chi connectivity index (χ1) is 8.47. The van der Waals surface area contributed by atoms with Crippen LogP contribution in [0.1, 0.15) is 19.4 Å². The summed E-state index contributed by atoms with van der Waals surface area (Å²) in [5.41, 5.74) is 7.02. The molecule has 0 saturated heterocycles. The smallest absolute Gasteiger partial charge is 0.122 e. The Labute approximate surface area is 113 Å². The van der Waals surface area contributed by atoms with Gasteiger partial charge in [0.1, 0.15) is 5.84 Å². The lowest BCUT2D eigenvalue weighted by Gasteiger charge is -2.29. The van der Waals surface area contributed by atoms with E-state index in [4.69, 9.17) is 27.5 Å². The Morgan fingerprint density at radius 3 is 2.61 bits per heavy atom. The largest absolute Gasteiger partial charge is 0.384 e. The Kier molecular flexibility index (Phi) is 5.44. The lowest BCUT2D eigenvalue weighted by atomic mass is 10.1. The number of hydrogen-bond donors (Lipinski definition) is 2. The van der Waals surface area contributed by atoms with Crippen molar-refractivity contribution in [1.29, 1.82) is 5.41 Å². The highest BCUT2D eigenvalue weighted by Crippen LogP contribution is 2.28. The monoisotopic (exact) mass is 269 g/mol. The Bertz CT molecular complexity index is 421. The van der Waals surface area contributed by atoms with Crippen LogP contribution in [-0.2, 0) is 4.74 Å². The van der Waals surface area contributed by atoms with Crippen molar-refractivity contribution in [2.75, 3.05) is 25.2 Å². The van der Waals surface area contributed by atoms with E-state index >= 15 is 0 Å². The summed E-state index contributed by atoms with van der Waals surface area (Å²) in [7, 11) is 1.68. The molecule has 0 atom stereocenters. The van der Waals surface area contributed by atoms with Crippen molar-refractivity contribution in [2.24, 2.45) is 5.73 Å². The molecule has 0 saturated carbocycles. The third-order valence-corrected chi connectivity index (χ3v) is 3.03. The second-order valence-electron chi connectivity index (χ2n) is 4.36. The Morgan fingerprint density at radius 2 is 2.17 bits per heavy atom. The molecule has 0 spiro atoms. The van der Waals surface area contributed by atoms with Crippen LogP contribution in [0.4, 0.5) is 5.69 Å². The van der Waals surface area contributed by atoms with E-state index in [2.05, 4.69) is 18.7 Å². The van der Waals surface area contributed by atoms with Crippen LogP contribution in [0.25, 0.3) is 0 Å². The molecule has 0 fully saturated rings. The normalized spacial score (nSPS) is 10.7. The molecular formula is C13H20ClN3O. The second kappa shape index (κ2) is 6.61. The molecule has 0 amide bonds. The van der Waals surface area contributed by atoms with Crippen molar-refractivity contribution in [3.63, 3.8) is 0 Å². The van der Waals surface area contributed by atoms with Crippen LogP contribution in [0.5, 0.6) is 0 Å². The quantitative estimate of drug-likeness (QED) is 0.616. The van der Waals surface area contributed by atoms with Crippen LogP contribution in [0.15, 0.2) is 18.2 Å². The van der Waals surface area contributed by atoms with Crippen LogP contribution in [0, 0.1) is 5.41 Å². The van der Waals surface area contributed by atoms with E-state index in [9.17, 15) is 0 Å². The van der Waals surface area contributed by atoms with Crippen LogP contribution in [0.3, 0.4) is 0 Å². The number of nitrogens with two attached hydrogens (primary N) is 1. The van der Waals surface area contributed by atoms with Crippen molar-refractivity contribution in [2.45, 2.75) is 19.9 Å². The predicted molar refractivity (Wildman–Crippen MR) is 76.8 cm³/mol. The molecule has 5 heteroatoms. The molecule has 0 aliphatic heterocycles. The molecule has 0 aliphatic carbocycles. The molecular weight excluding hydrogens is 250 g/mol. The number of nitrogens with one attached hydrogen (secondary N) is 1. The lowest BCUT2D eigenvalue weighted by Crippen LogP contribution is -2.34. The van der Waals surface area contributed by atoms with Crippen molar-refractivity contribution in [3.05, 3.63) is 28.8 Å². The summed E-state index contributed by atoms with van der Waals surface area (Å²) >= 11 is 6.26. The summed E-state index contributed by atoms with van der Waals surface area (Å²) in [6.45, 7) is 5.62. The number of halogens is 1. The Balaban J connectivity index is 3.01. The molecule has 0 heterocycles. The first kappa shape index (κ1) is 14.8. The van der Waals surface area contributed by atoms with Gasteiger partial charge in [0.05, 0.1) is 17.3 Å². The van der Waals surface area contributed by atoms with E-state index in [0.717, 1.165) is 12.2 Å². The highest BCUT2D eigenvalue weighted by Gasteiger charge is 2.14. The number of methoxy groups -OCH3 is 1. The van der Waals surface area contributed by atoms with Gasteiger partial charge in [0.2, 0.25) is 0 Å². The van der Waals surface area contributed by atoms with E-state index in [0.29, 0.717) is 23.2 Å². The first-order valence-corrected chi connectivity index (χ1v) is 6.24. The summed E-state index contributed by atoms with van der Waals surface area (Å²) < 4.78 is 5.11. The minimum Gasteiger partial charge on any atom is -0.384 e. The molecule has 1 rings (SSSR count). The topological polar surface area (TPSA) is 62.3 Å². The van der Waals surface area contributed by atoms with Gasteiger partial charge in [0.15, 0.2) is 0 Å². The average molecular weight is 270 g/mol. The Morgan fingerprint density at radius 1 is 1.50 bits per heavy atom. The number of rotatable bonds is 6. The second-order valence-corrected chi connectivity index (χ2v) is 4.77. The van der Waals surface area contributed by atoms with Crippen molar-refractivity contribution < 1.29 is 4.74 Å². The molecule has 18 heavy (non-hydrogen) atoms. The van der Waals surface area contributed by atoms with E-state index in [1.54, 1.807) is 13.2 Å². The van der Waals surface area contributed by atoms with Gasteiger partial charge in [-0.3, -0.25) is 5.41 Å². The maximum atomic E-state index is 7.39. The van der Waals surface area contributed by atoms with Gasteiger partial charge in [-0.2, -0.15) is 0 Å². The van der Waals surface area contributed by atoms with E-state index in [1.807, 2.05) is 12.1 Å². The summed E-state index contributed by atoms with van der Waals surface area (Å²) in [6, 6.07) is 5.75. The first-order valence-electron chi connectivity index (χ1n) is 5.87. The third kappa shape index (κ3) is 3.62. The molecule has 100 valence electrons. The molecule has 0 radical (unpaired) electrons. The molecule has 0 unspecified atom stereocenters. The van der Waals surface area contributed by atoms with Gasteiger partial charge in [-0.15, -0.1) is 0 Å². The van der Waals surface area contributed by atoms with Gasteiger partial charge in [-0.05, 0) is 32.0 Å². The van der Waals surface area contributed by atoms with Crippen molar-refractivity contribution in [3.8, 4) is 0 Å². The molecule has 0 bridgehead atoms. The zero-order chi connectivity index (χ0) is 13.7. The summed E-state index contributed by atoms with van der Waals surface area (Å²) in [5, 5.41) is 7.99. The van der Waals surface area contributed by atoms with Crippen molar-refractivity contribution >= 4 is 23.1 Å². The minimum atomic E-state index is 0.0245. The summed E-state index contributed by atoms with van der Waals surface area (Å²) in [4.78, 5) is 2.16. The van der Waals surface area contributed by atoms with E-state index in [1.165, 1.54) is 0 Å². The molecule has 1 aromatic carbocycles. The molecule has 3 N–H and O–H groups in total. The van der Waals surface area contributed by atoms with E-state index in [-0.39, 0.29) is 5.84 Å². The Hall–Kier alpha value is -1.26. The van der Waals surface area contributed by atoms with Gasteiger partial charge < -0.3 is 15.4 Å². The zero-order valence-corrected chi connectivity index (χ0v) is 11.8. The van der Waals surface area contributed by atoms with Gasteiger partial charge in [-0.1, -0.05) is 11.6 Å². The zero-order valence-electron chi connectivity index (χ0n) is 11.0. The number of anilines is 1. The van der Waals surface area contributed by atoms with Crippen LogP contribution < -0.4 is 10.6 Å². The fourth-order valence-electron chi connectivity index (χ4n) is 1.75. The highest BCUT2D eigenvalue weighted by molar-refractivity contribution is 6.33. The fourth-order valence-corrected chi connectivity index (χ4v) is 2.04. The molecule has 1 aromatic rings. The number of hydrogen-bond acceptors (Lipinski definition) is 3. The molecule has 4 nitrogen and oxygen atoms in total. The maximum absolute atomic E-state index is 7.39. The van der Waals surface area contributed by atoms with Gasteiger partial charge >= 0.3 is 0 Å². The number of nitrogen functional groups attached to an aromatic ring is 1. The standard InChI is InChI=1S/C13H20ClN3O/c1-9(2)17(6-7-18-3)12-5-4-10(13(15)16)8-11(12)14/h4-5,8-9H,6-7H2,1-3H3,(H3,15,16). The van der Waals surface area contributed by atoms with Crippen LogP contribution in [-0.4, -0.2) is 32.1 Å². The predicted octanol–water partition coefficient (Wildman–Crippen LogP) is 2.49. The van der Waals surface area contributed by atoms with Gasteiger partial charge in [0, 0.05) is 25.3 Å². The SMILES string of the molecule is COCCN(c1ccc(C(=N)N)cc1Cl)C(C)C. The third-order valence-electron chi connectivity index (χ3n) is 2.73. The maximum Gasteiger partial charge on any atom is 0.122 e. The lowest BCUT2D eigenvalue weighted by molar-refractivity contribution is 0.204. The van der Waals surface area contributed by atoms with E-state index < -0.39 is 0 Å². The van der Waals surface area contributed by atoms with Gasteiger partial charge in [0.25, 0.3) is 0 Å². The average Bonchev–Trinajstić information content (AvgIpc) is 2.30. The molecule has 0 aliphatic rings. The van der Waals surface area contributed by atoms with Crippen molar-refractivity contribution in [1.82, 2.24) is 0 Å². The number of nitrogens with zero attached hydrogens (tertiary/aromatic N) is 1. The minimum absolute atomic E-state index is 0.0245. The highest BCUT2D eigenvalue weighted by atomic mass is 35.5. The number of benzene rings is 1. The summed E-state index contributed by atoms with van der Waals surface area (Å²) in [5.74, 6) is 0.0245.